The second-order valence-electron chi connectivity index (χ2n) is 5.08. The molecule has 0 radical (unpaired) electrons. The van der Waals surface area contributed by atoms with E-state index in [4.69, 9.17) is 0 Å². The molecule has 3 rings (SSSR count). The van der Waals surface area contributed by atoms with E-state index in [1.807, 2.05) is 18.3 Å². The van der Waals surface area contributed by atoms with Crippen molar-refractivity contribution in [2.45, 2.75) is 38.1 Å². The molecule has 3 nitrogen and oxygen atoms in total. The molecule has 100 valence electrons. The van der Waals surface area contributed by atoms with E-state index >= 15 is 0 Å². The van der Waals surface area contributed by atoms with E-state index in [1.165, 1.54) is 32.1 Å². The van der Waals surface area contributed by atoms with E-state index in [9.17, 15) is 0 Å². The lowest BCUT2D eigenvalue weighted by Gasteiger charge is -2.24. The topological polar surface area (TPSA) is 29.9 Å². The highest BCUT2D eigenvalue weighted by Crippen LogP contribution is 2.31. The maximum absolute atomic E-state index is 4.45. The SMILES string of the molecule is Brc1ccc(Nc2nccn2C2CCCCC2)cc1. The summed E-state index contributed by atoms with van der Waals surface area (Å²) in [5.41, 5.74) is 1.08. The van der Waals surface area contributed by atoms with Crippen molar-refractivity contribution in [3.63, 3.8) is 0 Å². The van der Waals surface area contributed by atoms with Gasteiger partial charge in [0.2, 0.25) is 5.95 Å². The molecule has 1 saturated carbocycles. The molecule has 1 aromatic carbocycles. The molecule has 0 saturated heterocycles. The van der Waals surface area contributed by atoms with Gasteiger partial charge in [-0.1, -0.05) is 35.2 Å². The Morgan fingerprint density at radius 1 is 1.11 bits per heavy atom. The van der Waals surface area contributed by atoms with Crippen LogP contribution in [0.3, 0.4) is 0 Å². The highest BCUT2D eigenvalue weighted by Gasteiger charge is 2.17. The molecule has 1 aromatic heterocycles. The highest BCUT2D eigenvalue weighted by molar-refractivity contribution is 9.10. The summed E-state index contributed by atoms with van der Waals surface area (Å²) in [6.45, 7) is 0. The van der Waals surface area contributed by atoms with Gasteiger partial charge in [0.1, 0.15) is 0 Å². The van der Waals surface area contributed by atoms with Gasteiger partial charge < -0.3 is 9.88 Å². The first-order valence-corrected chi connectivity index (χ1v) is 7.67. The van der Waals surface area contributed by atoms with Crippen LogP contribution in [0.25, 0.3) is 0 Å². The van der Waals surface area contributed by atoms with Crippen molar-refractivity contribution in [3.05, 3.63) is 41.1 Å². The quantitative estimate of drug-likeness (QED) is 0.872. The summed E-state index contributed by atoms with van der Waals surface area (Å²) in [6, 6.07) is 8.80. The van der Waals surface area contributed by atoms with Crippen LogP contribution in [0, 0.1) is 0 Å². The molecule has 1 aliphatic rings. The first-order valence-electron chi connectivity index (χ1n) is 6.88. The standard InChI is InChI=1S/C15H18BrN3/c16-12-6-8-13(9-7-12)18-15-17-10-11-19(15)14-4-2-1-3-5-14/h6-11,14H,1-5H2,(H,17,18). The maximum atomic E-state index is 4.45. The predicted molar refractivity (Wildman–Crippen MR) is 81.8 cm³/mol. The van der Waals surface area contributed by atoms with Gasteiger partial charge >= 0.3 is 0 Å². The predicted octanol–water partition coefficient (Wildman–Crippen LogP) is 4.89. The summed E-state index contributed by atoms with van der Waals surface area (Å²) in [5, 5.41) is 3.41. The summed E-state index contributed by atoms with van der Waals surface area (Å²) < 4.78 is 3.38. The van der Waals surface area contributed by atoms with E-state index < -0.39 is 0 Å². The number of benzene rings is 1. The summed E-state index contributed by atoms with van der Waals surface area (Å²) in [7, 11) is 0. The molecule has 0 spiro atoms. The number of halogens is 1. The Bertz CT molecular complexity index is 527. The number of rotatable bonds is 3. The Hall–Kier alpha value is -1.29. The lowest BCUT2D eigenvalue weighted by molar-refractivity contribution is 0.356. The van der Waals surface area contributed by atoms with Gasteiger partial charge in [0.15, 0.2) is 0 Å². The molecule has 0 bridgehead atoms. The van der Waals surface area contributed by atoms with Crippen molar-refractivity contribution < 1.29 is 0 Å². The Morgan fingerprint density at radius 2 is 1.84 bits per heavy atom. The second-order valence-corrected chi connectivity index (χ2v) is 6.00. The molecular weight excluding hydrogens is 302 g/mol. The number of imidazole rings is 1. The average molecular weight is 320 g/mol. The fraction of sp³-hybridized carbons (Fsp3) is 0.400. The van der Waals surface area contributed by atoms with Gasteiger partial charge in [-0.05, 0) is 37.1 Å². The Morgan fingerprint density at radius 3 is 2.58 bits per heavy atom. The molecule has 0 unspecified atom stereocenters. The van der Waals surface area contributed by atoms with E-state index in [0.29, 0.717) is 6.04 Å². The smallest absolute Gasteiger partial charge is 0.207 e. The van der Waals surface area contributed by atoms with Crippen LogP contribution in [0.2, 0.25) is 0 Å². The van der Waals surface area contributed by atoms with Crippen LogP contribution < -0.4 is 5.32 Å². The van der Waals surface area contributed by atoms with E-state index in [2.05, 4.69) is 49.1 Å². The second kappa shape index (κ2) is 5.78. The minimum Gasteiger partial charge on any atom is -0.326 e. The van der Waals surface area contributed by atoms with Crippen molar-refractivity contribution in [3.8, 4) is 0 Å². The Balaban J connectivity index is 1.77. The largest absolute Gasteiger partial charge is 0.326 e. The van der Waals surface area contributed by atoms with Gasteiger partial charge in [-0.2, -0.15) is 0 Å². The van der Waals surface area contributed by atoms with Crippen LogP contribution in [-0.4, -0.2) is 9.55 Å². The molecule has 2 aromatic rings. The zero-order chi connectivity index (χ0) is 13.1. The number of aromatic nitrogens is 2. The molecular formula is C15H18BrN3. The molecule has 0 amide bonds. The first kappa shape index (κ1) is 12.7. The van der Waals surface area contributed by atoms with Crippen LogP contribution >= 0.6 is 15.9 Å². The number of hydrogen-bond donors (Lipinski definition) is 1. The molecule has 1 fully saturated rings. The normalized spacial score (nSPS) is 16.5. The molecule has 1 aliphatic carbocycles. The van der Waals surface area contributed by atoms with Gasteiger partial charge in [0.25, 0.3) is 0 Å². The number of anilines is 2. The Kier molecular flexibility index (Phi) is 3.87. The monoisotopic (exact) mass is 319 g/mol. The fourth-order valence-corrected chi connectivity index (χ4v) is 2.99. The van der Waals surface area contributed by atoms with Gasteiger partial charge in [-0.3, -0.25) is 0 Å². The van der Waals surface area contributed by atoms with Crippen molar-refractivity contribution >= 4 is 27.6 Å². The average Bonchev–Trinajstić information content (AvgIpc) is 2.90. The summed E-state index contributed by atoms with van der Waals surface area (Å²) >= 11 is 3.45. The van der Waals surface area contributed by atoms with Gasteiger partial charge in [-0.25, -0.2) is 4.98 Å². The highest BCUT2D eigenvalue weighted by atomic mass is 79.9. The molecule has 19 heavy (non-hydrogen) atoms. The van der Waals surface area contributed by atoms with Crippen LogP contribution in [0.1, 0.15) is 38.1 Å². The van der Waals surface area contributed by atoms with Crippen molar-refractivity contribution in [2.75, 3.05) is 5.32 Å². The maximum Gasteiger partial charge on any atom is 0.207 e. The molecule has 0 atom stereocenters. The third-order valence-corrected chi connectivity index (χ3v) is 4.27. The molecule has 1 N–H and O–H groups in total. The molecule has 0 aliphatic heterocycles. The van der Waals surface area contributed by atoms with Crippen molar-refractivity contribution in [1.29, 1.82) is 0 Å². The first-order chi connectivity index (χ1) is 9.33. The van der Waals surface area contributed by atoms with Crippen molar-refractivity contribution in [2.24, 2.45) is 0 Å². The van der Waals surface area contributed by atoms with Crippen LogP contribution in [0.4, 0.5) is 11.6 Å². The summed E-state index contributed by atoms with van der Waals surface area (Å²) in [6.07, 6.45) is 10.6. The number of nitrogens with one attached hydrogen (secondary N) is 1. The van der Waals surface area contributed by atoms with E-state index in [0.717, 1.165) is 16.1 Å². The van der Waals surface area contributed by atoms with Gasteiger partial charge in [0.05, 0.1) is 0 Å². The fourth-order valence-electron chi connectivity index (χ4n) is 2.73. The van der Waals surface area contributed by atoms with Crippen LogP contribution in [0.15, 0.2) is 41.1 Å². The zero-order valence-corrected chi connectivity index (χ0v) is 12.4. The minimum atomic E-state index is 0.606. The third kappa shape index (κ3) is 3.00. The van der Waals surface area contributed by atoms with Gasteiger partial charge in [0, 0.05) is 28.6 Å². The lowest BCUT2D eigenvalue weighted by atomic mass is 9.95. The zero-order valence-electron chi connectivity index (χ0n) is 10.8. The third-order valence-electron chi connectivity index (χ3n) is 3.74. The van der Waals surface area contributed by atoms with Crippen LogP contribution in [0.5, 0.6) is 0 Å². The van der Waals surface area contributed by atoms with Crippen molar-refractivity contribution in [1.82, 2.24) is 9.55 Å². The Labute approximate surface area is 122 Å². The summed E-state index contributed by atoms with van der Waals surface area (Å²) in [5.74, 6) is 0.953. The van der Waals surface area contributed by atoms with E-state index in [-0.39, 0.29) is 0 Å². The minimum absolute atomic E-state index is 0.606. The van der Waals surface area contributed by atoms with Gasteiger partial charge in [-0.15, -0.1) is 0 Å². The molecule has 4 heteroatoms. The van der Waals surface area contributed by atoms with E-state index in [1.54, 1.807) is 0 Å². The lowest BCUT2D eigenvalue weighted by Crippen LogP contribution is -2.14. The summed E-state index contributed by atoms with van der Waals surface area (Å²) in [4.78, 5) is 4.45. The number of hydrogen-bond acceptors (Lipinski definition) is 2. The van der Waals surface area contributed by atoms with Crippen LogP contribution in [-0.2, 0) is 0 Å². The number of nitrogens with zero attached hydrogens (tertiary/aromatic N) is 2. The molecule has 1 heterocycles.